The van der Waals surface area contributed by atoms with Crippen LogP contribution in [-0.4, -0.2) is 25.6 Å². The number of nitrogens with one attached hydrogen (secondary N) is 1. The van der Waals surface area contributed by atoms with Gasteiger partial charge in [-0.05, 0) is 37.3 Å². The normalized spacial score (nSPS) is 11.2. The number of carbonyl (C=O) groups excluding carboxylic acids is 1. The van der Waals surface area contributed by atoms with Crippen molar-refractivity contribution < 1.29 is 13.2 Å². The third kappa shape index (κ3) is 3.80. The summed E-state index contributed by atoms with van der Waals surface area (Å²) in [7, 11) is -3.33. The first kappa shape index (κ1) is 15.5. The van der Waals surface area contributed by atoms with Crippen LogP contribution < -0.4 is 5.32 Å². The predicted octanol–water partition coefficient (Wildman–Crippen LogP) is 2.70. The first-order valence-corrected chi connectivity index (χ1v) is 8.29. The van der Waals surface area contributed by atoms with Crippen LogP contribution in [0.5, 0.6) is 0 Å². The van der Waals surface area contributed by atoms with Crippen LogP contribution in [-0.2, 0) is 9.84 Å². The number of aromatic nitrogens is 1. The quantitative estimate of drug-likeness (QED) is 0.881. The van der Waals surface area contributed by atoms with Crippen molar-refractivity contribution in [1.82, 2.24) is 4.98 Å². The molecule has 0 aliphatic rings. The van der Waals surface area contributed by atoms with Gasteiger partial charge in [-0.3, -0.25) is 4.79 Å². The zero-order valence-electron chi connectivity index (χ0n) is 11.4. The highest BCUT2D eigenvalue weighted by molar-refractivity contribution is 7.90. The summed E-state index contributed by atoms with van der Waals surface area (Å²) in [5.74, 6) is -0.446. The molecule has 0 saturated carbocycles. The minimum absolute atomic E-state index is 0.103. The Bertz CT molecular complexity index is 804. The van der Waals surface area contributed by atoms with Crippen LogP contribution in [0.4, 0.5) is 5.69 Å². The van der Waals surface area contributed by atoms with Gasteiger partial charge in [-0.25, -0.2) is 13.4 Å². The number of halogens is 1. The molecule has 0 radical (unpaired) electrons. The first-order valence-electron chi connectivity index (χ1n) is 6.02. The summed E-state index contributed by atoms with van der Waals surface area (Å²) in [6, 6.07) is 9.26. The third-order valence-electron chi connectivity index (χ3n) is 2.75. The van der Waals surface area contributed by atoms with E-state index in [1.165, 1.54) is 12.1 Å². The van der Waals surface area contributed by atoms with Crippen molar-refractivity contribution in [1.29, 1.82) is 0 Å². The summed E-state index contributed by atoms with van der Waals surface area (Å²) in [5, 5.41) is 2.71. The molecule has 5 nitrogen and oxygen atoms in total. The Hall–Kier alpha value is -1.92. The number of hydrogen-bond donors (Lipinski definition) is 1. The second-order valence-electron chi connectivity index (χ2n) is 4.55. The lowest BCUT2D eigenvalue weighted by Crippen LogP contribution is -2.13. The maximum atomic E-state index is 12.1. The molecular weight excluding hydrogens is 312 g/mol. The van der Waals surface area contributed by atoms with Crippen LogP contribution in [0.3, 0.4) is 0 Å². The lowest BCUT2D eigenvalue weighted by Gasteiger charge is -2.08. The predicted molar refractivity (Wildman–Crippen MR) is 81.5 cm³/mol. The molecule has 110 valence electrons. The number of carbonyl (C=O) groups is 1. The number of sulfone groups is 1. The number of rotatable bonds is 3. The molecule has 1 amide bonds. The van der Waals surface area contributed by atoms with E-state index in [9.17, 15) is 13.2 Å². The van der Waals surface area contributed by atoms with Crippen LogP contribution >= 0.6 is 11.6 Å². The number of amides is 1. The van der Waals surface area contributed by atoms with Gasteiger partial charge < -0.3 is 5.32 Å². The van der Waals surface area contributed by atoms with Gasteiger partial charge in [-0.2, -0.15) is 0 Å². The van der Waals surface area contributed by atoms with Crippen LogP contribution in [0.15, 0.2) is 41.3 Å². The van der Waals surface area contributed by atoms with E-state index in [1.54, 1.807) is 31.2 Å². The highest BCUT2D eigenvalue weighted by atomic mass is 35.5. The van der Waals surface area contributed by atoms with E-state index in [-0.39, 0.29) is 15.6 Å². The molecular formula is C14H13ClN2O3S. The molecule has 1 N–H and O–H groups in total. The van der Waals surface area contributed by atoms with Crippen LogP contribution in [0.1, 0.15) is 16.1 Å². The smallest absolute Gasteiger partial charge is 0.258 e. The number of nitrogens with zero attached hydrogens (tertiary/aromatic N) is 1. The van der Waals surface area contributed by atoms with Gasteiger partial charge in [0.2, 0.25) is 0 Å². The summed E-state index contributed by atoms with van der Waals surface area (Å²) >= 11 is 5.93. The number of aryl methyl sites for hydroxylation is 1. The van der Waals surface area contributed by atoms with Crippen molar-refractivity contribution in [3.05, 3.63) is 52.8 Å². The van der Waals surface area contributed by atoms with Crippen molar-refractivity contribution in [3.63, 3.8) is 0 Å². The lowest BCUT2D eigenvalue weighted by atomic mass is 10.2. The molecule has 0 saturated heterocycles. The minimum atomic E-state index is -3.33. The fourth-order valence-corrected chi connectivity index (χ4v) is 2.65. The van der Waals surface area contributed by atoms with Gasteiger partial charge in [-0.15, -0.1) is 0 Å². The fourth-order valence-electron chi connectivity index (χ4n) is 1.70. The van der Waals surface area contributed by atoms with Gasteiger partial charge >= 0.3 is 0 Å². The summed E-state index contributed by atoms with van der Waals surface area (Å²) < 4.78 is 23.0. The molecule has 1 aromatic heterocycles. The Morgan fingerprint density at radius 3 is 2.57 bits per heavy atom. The monoisotopic (exact) mass is 324 g/mol. The standard InChI is InChI=1S/C14H13ClN2O3S/c1-9-6-7-12(13(15)16-9)14(18)17-10-4-3-5-11(8-10)21(2,19)20/h3-8H,1-2H3,(H,17,18). The molecule has 1 heterocycles. The zero-order chi connectivity index (χ0) is 15.6. The van der Waals surface area contributed by atoms with E-state index < -0.39 is 15.7 Å². The van der Waals surface area contributed by atoms with Crippen molar-refractivity contribution >= 4 is 33.0 Å². The molecule has 1 aromatic carbocycles. The Morgan fingerprint density at radius 1 is 1.24 bits per heavy atom. The number of benzene rings is 1. The fraction of sp³-hybridized carbons (Fsp3) is 0.143. The van der Waals surface area contributed by atoms with E-state index >= 15 is 0 Å². The van der Waals surface area contributed by atoms with Gasteiger partial charge in [0.1, 0.15) is 5.15 Å². The number of pyridine rings is 1. The summed E-state index contributed by atoms with van der Waals surface area (Å²) in [6.07, 6.45) is 1.11. The van der Waals surface area contributed by atoms with E-state index in [2.05, 4.69) is 10.3 Å². The molecule has 0 atom stereocenters. The molecule has 0 bridgehead atoms. The average molecular weight is 325 g/mol. The van der Waals surface area contributed by atoms with Crippen LogP contribution in [0, 0.1) is 6.92 Å². The molecule has 2 aromatic rings. The maximum absolute atomic E-state index is 12.1. The van der Waals surface area contributed by atoms with Crippen LogP contribution in [0.2, 0.25) is 5.15 Å². The second kappa shape index (κ2) is 5.83. The topological polar surface area (TPSA) is 76.1 Å². The van der Waals surface area contributed by atoms with Crippen LogP contribution in [0.25, 0.3) is 0 Å². The van der Waals surface area contributed by atoms with Crippen molar-refractivity contribution in [2.45, 2.75) is 11.8 Å². The Morgan fingerprint density at radius 2 is 1.95 bits per heavy atom. The summed E-state index contributed by atoms with van der Waals surface area (Å²) in [6.45, 7) is 1.77. The SMILES string of the molecule is Cc1ccc(C(=O)Nc2cccc(S(C)(=O)=O)c2)c(Cl)n1. The van der Waals surface area contributed by atoms with Gasteiger partial charge in [0, 0.05) is 17.6 Å². The van der Waals surface area contributed by atoms with Crippen molar-refractivity contribution in [3.8, 4) is 0 Å². The summed E-state index contributed by atoms with van der Waals surface area (Å²) in [4.78, 5) is 16.3. The van der Waals surface area contributed by atoms with E-state index in [0.29, 0.717) is 11.4 Å². The Balaban J connectivity index is 2.28. The molecule has 0 fully saturated rings. The molecule has 0 unspecified atom stereocenters. The minimum Gasteiger partial charge on any atom is -0.322 e. The number of hydrogen-bond acceptors (Lipinski definition) is 4. The van der Waals surface area contributed by atoms with Crippen molar-refractivity contribution in [2.24, 2.45) is 0 Å². The number of anilines is 1. The Labute approximate surface area is 127 Å². The zero-order valence-corrected chi connectivity index (χ0v) is 13.0. The van der Waals surface area contributed by atoms with Gasteiger partial charge in [-0.1, -0.05) is 17.7 Å². The largest absolute Gasteiger partial charge is 0.322 e. The summed E-state index contributed by atoms with van der Waals surface area (Å²) in [5.41, 5.74) is 1.31. The highest BCUT2D eigenvalue weighted by Gasteiger charge is 2.13. The molecule has 0 aliphatic heterocycles. The molecule has 0 spiro atoms. The first-order chi connectivity index (χ1) is 9.77. The van der Waals surface area contributed by atoms with Gasteiger partial charge in [0.15, 0.2) is 9.84 Å². The average Bonchev–Trinajstić information content (AvgIpc) is 2.37. The van der Waals surface area contributed by atoms with E-state index in [1.807, 2.05) is 0 Å². The molecule has 2 rings (SSSR count). The van der Waals surface area contributed by atoms with E-state index in [4.69, 9.17) is 11.6 Å². The molecule has 21 heavy (non-hydrogen) atoms. The molecule has 7 heteroatoms. The van der Waals surface area contributed by atoms with E-state index in [0.717, 1.165) is 6.26 Å². The van der Waals surface area contributed by atoms with Gasteiger partial charge in [0.05, 0.1) is 10.5 Å². The molecule has 0 aliphatic carbocycles. The second-order valence-corrected chi connectivity index (χ2v) is 6.92. The Kier molecular flexibility index (Phi) is 4.29. The third-order valence-corrected chi connectivity index (χ3v) is 4.15. The van der Waals surface area contributed by atoms with Crippen molar-refractivity contribution in [2.75, 3.05) is 11.6 Å². The van der Waals surface area contributed by atoms with Gasteiger partial charge in [0.25, 0.3) is 5.91 Å². The maximum Gasteiger partial charge on any atom is 0.258 e. The lowest BCUT2D eigenvalue weighted by molar-refractivity contribution is 0.102. The highest BCUT2D eigenvalue weighted by Crippen LogP contribution is 2.18.